The van der Waals surface area contributed by atoms with Gasteiger partial charge in [0.1, 0.15) is 12.4 Å². The van der Waals surface area contributed by atoms with E-state index in [4.69, 9.17) is 4.74 Å². The van der Waals surface area contributed by atoms with Gasteiger partial charge in [-0.05, 0) is 57.6 Å². The van der Waals surface area contributed by atoms with E-state index in [9.17, 15) is 9.90 Å². The number of carbonyl (C=O) groups is 1. The van der Waals surface area contributed by atoms with Gasteiger partial charge in [0, 0.05) is 6.04 Å². The number of aliphatic hydroxyl groups is 1. The second-order valence-electron chi connectivity index (χ2n) is 6.56. The smallest absolute Gasteiger partial charge is 0.315 e. The molecule has 0 aliphatic heterocycles. The molecule has 1 aromatic carbocycles. The molecule has 0 saturated heterocycles. The third kappa shape index (κ3) is 5.43. The summed E-state index contributed by atoms with van der Waals surface area (Å²) >= 11 is 0. The fraction of sp³-hybridized carbons (Fsp3) is 0.611. The summed E-state index contributed by atoms with van der Waals surface area (Å²) in [6.45, 7) is 6.40. The van der Waals surface area contributed by atoms with Crippen molar-refractivity contribution in [2.75, 3.05) is 6.61 Å². The van der Waals surface area contributed by atoms with Crippen molar-refractivity contribution in [2.24, 2.45) is 0 Å². The summed E-state index contributed by atoms with van der Waals surface area (Å²) in [7, 11) is 0. The van der Waals surface area contributed by atoms with E-state index in [2.05, 4.69) is 10.6 Å². The molecule has 5 heteroatoms. The van der Waals surface area contributed by atoms with Crippen LogP contribution in [0.3, 0.4) is 0 Å². The molecule has 0 heterocycles. The second kappa shape index (κ2) is 8.20. The van der Waals surface area contributed by atoms with Gasteiger partial charge in [-0.25, -0.2) is 4.79 Å². The van der Waals surface area contributed by atoms with E-state index in [0.29, 0.717) is 6.61 Å². The molecular formula is C18H28N2O3. The first kappa shape index (κ1) is 17.6. The molecule has 23 heavy (non-hydrogen) atoms. The lowest BCUT2D eigenvalue weighted by Crippen LogP contribution is -2.48. The molecule has 5 nitrogen and oxygen atoms in total. The topological polar surface area (TPSA) is 70.6 Å². The van der Waals surface area contributed by atoms with Crippen LogP contribution in [0.2, 0.25) is 0 Å². The first-order chi connectivity index (χ1) is 11.0. The molecule has 1 aromatic rings. The molecule has 2 rings (SSSR count). The van der Waals surface area contributed by atoms with Crippen LogP contribution in [0.1, 0.15) is 43.7 Å². The van der Waals surface area contributed by atoms with Crippen LogP contribution in [0.4, 0.5) is 4.79 Å². The Morgan fingerprint density at radius 3 is 2.48 bits per heavy atom. The molecule has 1 atom stereocenters. The highest BCUT2D eigenvalue weighted by Gasteiger charge is 2.21. The molecule has 0 spiro atoms. The summed E-state index contributed by atoms with van der Waals surface area (Å²) in [5, 5.41) is 15.4. The number of carbonyl (C=O) groups excluding carboxylic acids is 1. The summed E-state index contributed by atoms with van der Waals surface area (Å²) in [6.07, 6.45) is 2.98. The monoisotopic (exact) mass is 320 g/mol. The molecule has 0 radical (unpaired) electrons. The number of aliphatic hydroxyl groups excluding tert-OH is 1. The van der Waals surface area contributed by atoms with E-state index < -0.39 is 0 Å². The number of hydrogen-bond acceptors (Lipinski definition) is 3. The lowest BCUT2D eigenvalue weighted by molar-refractivity contribution is 0.117. The van der Waals surface area contributed by atoms with Crippen LogP contribution >= 0.6 is 0 Å². The van der Waals surface area contributed by atoms with Crippen LogP contribution < -0.4 is 15.4 Å². The van der Waals surface area contributed by atoms with E-state index >= 15 is 0 Å². The number of rotatable bonds is 5. The van der Waals surface area contributed by atoms with Gasteiger partial charge in [-0.15, -0.1) is 0 Å². The van der Waals surface area contributed by atoms with Crippen molar-refractivity contribution in [1.29, 1.82) is 0 Å². The zero-order valence-electron chi connectivity index (χ0n) is 14.3. The van der Waals surface area contributed by atoms with E-state index in [1.165, 1.54) is 0 Å². The zero-order chi connectivity index (χ0) is 16.8. The van der Waals surface area contributed by atoms with Crippen LogP contribution in [0.5, 0.6) is 5.75 Å². The predicted octanol–water partition coefficient (Wildman–Crippen LogP) is 2.67. The highest BCUT2D eigenvalue weighted by atomic mass is 16.5. The minimum atomic E-state index is -0.208. The Labute approximate surface area is 138 Å². The molecule has 0 bridgehead atoms. The van der Waals surface area contributed by atoms with Crippen molar-refractivity contribution < 1.29 is 14.6 Å². The van der Waals surface area contributed by atoms with Gasteiger partial charge in [0.05, 0.1) is 12.1 Å². The first-order valence-electron chi connectivity index (χ1n) is 8.40. The Morgan fingerprint density at radius 2 is 1.87 bits per heavy atom. The average Bonchev–Trinajstić information content (AvgIpc) is 2.49. The number of aryl methyl sites for hydroxylation is 2. The maximum absolute atomic E-state index is 12.0. The molecule has 2 amide bonds. The van der Waals surface area contributed by atoms with Crippen molar-refractivity contribution in [3.05, 3.63) is 29.3 Å². The van der Waals surface area contributed by atoms with Crippen molar-refractivity contribution in [2.45, 2.75) is 64.6 Å². The van der Waals surface area contributed by atoms with Crippen LogP contribution in [0.25, 0.3) is 0 Å². The zero-order valence-corrected chi connectivity index (χ0v) is 14.3. The number of hydrogen-bond donors (Lipinski definition) is 3. The Hall–Kier alpha value is -1.75. The van der Waals surface area contributed by atoms with Gasteiger partial charge < -0.3 is 20.5 Å². The minimum absolute atomic E-state index is 0.0804. The van der Waals surface area contributed by atoms with Crippen LogP contribution in [-0.4, -0.2) is 35.9 Å². The van der Waals surface area contributed by atoms with Crippen molar-refractivity contribution in [3.8, 4) is 5.75 Å². The highest BCUT2D eigenvalue weighted by molar-refractivity contribution is 5.74. The third-order valence-electron chi connectivity index (χ3n) is 4.30. The van der Waals surface area contributed by atoms with Gasteiger partial charge in [0.2, 0.25) is 0 Å². The molecular weight excluding hydrogens is 292 g/mol. The largest absolute Gasteiger partial charge is 0.491 e. The molecule has 128 valence electrons. The van der Waals surface area contributed by atoms with Crippen molar-refractivity contribution >= 4 is 6.03 Å². The molecule has 1 fully saturated rings. The lowest BCUT2D eigenvalue weighted by atomic mass is 9.93. The van der Waals surface area contributed by atoms with E-state index in [0.717, 1.165) is 42.6 Å². The number of amides is 2. The standard InChI is InChI=1S/C18H28N2O3/c1-12-5-4-6-13(2)17(12)23-11-14(3)19-18(22)20-15-7-9-16(21)10-8-15/h4-6,14-16,21H,7-11H2,1-3H3,(H2,19,20,22)/t14-,15?,16?/m1/s1. The number of para-hydroxylation sites is 1. The molecule has 0 aromatic heterocycles. The van der Waals surface area contributed by atoms with Crippen molar-refractivity contribution in [1.82, 2.24) is 10.6 Å². The molecule has 3 N–H and O–H groups in total. The van der Waals surface area contributed by atoms with Gasteiger partial charge in [0.25, 0.3) is 0 Å². The Kier molecular flexibility index (Phi) is 6.28. The lowest BCUT2D eigenvalue weighted by Gasteiger charge is -2.27. The first-order valence-corrected chi connectivity index (χ1v) is 8.40. The van der Waals surface area contributed by atoms with E-state index in [1.54, 1.807) is 0 Å². The SMILES string of the molecule is Cc1cccc(C)c1OC[C@@H](C)NC(=O)NC1CCC(O)CC1. The molecule has 1 aliphatic carbocycles. The highest BCUT2D eigenvalue weighted by Crippen LogP contribution is 2.22. The number of nitrogens with one attached hydrogen (secondary N) is 2. The summed E-state index contributed by atoms with van der Waals surface area (Å²) in [5.41, 5.74) is 2.20. The van der Waals surface area contributed by atoms with Gasteiger partial charge >= 0.3 is 6.03 Å². The maximum atomic E-state index is 12.0. The summed E-state index contributed by atoms with van der Waals surface area (Å²) < 4.78 is 5.86. The molecule has 0 unspecified atom stereocenters. The fourth-order valence-electron chi connectivity index (χ4n) is 2.95. The Morgan fingerprint density at radius 1 is 1.26 bits per heavy atom. The third-order valence-corrected chi connectivity index (χ3v) is 4.30. The summed E-state index contributed by atoms with van der Waals surface area (Å²) in [6, 6.07) is 5.96. The average molecular weight is 320 g/mol. The number of ether oxygens (including phenoxy) is 1. The summed E-state index contributed by atoms with van der Waals surface area (Å²) in [5.74, 6) is 0.892. The van der Waals surface area contributed by atoms with Crippen LogP contribution in [-0.2, 0) is 0 Å². The normalized spacial score (nSPS) is 22.3. The van der Waals surface area contributed by atoms with Gasteiger partial charge in [-0.3, -0.25) is 0 Å². The quantitative estimate of drug-likeness (QED) is 0.781. The summed E-state index contributed by atoms with van der Waals surface area (Å²) in [4.78, 5) is 12.0. The molecule has 1 saturated carbocycles. The van der Waals surface area contributed by atoms with Crippen LogP contribution in [0, 0.1) is 13.8 Å². The Bertz CT molecular complexity index is 505. The van der Waals surface area contributed by atoms with E-state index in [1.807, 2.05) is 39.0 Å². The van der Waals surface area contributed by atoms with Crippen LogP contribution in [0.15, 0.2) is 18.2 Å². The number of benzene rings is 1. The van der Waals surface area contributed by atoms with Gasteiger partial charge in [0.15, 0.2) is 0 Å². The fourth-order valence-corrected chi connectivity index (χ4v) is 2.95. The van der Waals surface area contributed by atoms with Gasteiger partial charge in [-0.2, -0.15) is 0 Å². The molecule has 1 aliphatic rings. The minimum Gasteiger partial charge on any atom is -0.491 e. The van der Waals surface area contributed by atoms with Gasteiger partial charge in [-0.1, -0.05) is 18.2 Å². The second-order valence-corrected chi connectivity index (χ2v) is 6.56. The van der Waals surface area contributed by atoms with Crippen molar-refractivity contribution in [3.63, 3.8) is 0 Å². The van der Waals surface area contributed by atoms with E-state index in [-0.39, 0.29) is 24.2 Å². The number of urea groups is 1. The Balaban J connectivity index is 1.74. The maximum Gasteiger partial charge on any atom is 0.315 e. The predicted molar refractivity (Wildman–Crippen MR) is 90.8 cm³/mol.